The Morgan fingerprint density at radius 2 is 2.29 bits per heavy atom. The molecule has 0 aromatic heterocycles. The van der Waals surface area contributed by atoms with Gasteiger partial charge in [0.15, 0.2) is 0 Å². The molecule has 2 rings (SSSR count). The predicted octanol–water partition coefficient (Wildman–Crippen LogP) is 3.87. The molecule has 0 unspecified atom stereocenters. The summed E-state index contributed by atoms with van der Waals surface area (Å²) < 4.78 is 0. The van der Waals surface area contributed by atoms with Gasteiger partial charge >= 0.3 is 0 Å². The van der Waals surface area contributed by atoms with Gasteiger partial charge in [0.05, 0.1) is 0 Å². The van der Waals surface area contributed by atoms with Crippen LogP contribution in [0.3, 0.4) is 0 Å². The Morgan fingerprint density at radius 3 is 3.06 bits per heavy atom. The molecule has 0 heterocycles. The van der Waals surface area contributed by atoms with Crippen molar-refractivity contribution in [1.29, 1.82) is 0 Å². The third-order valence-electron chi connectivity index (χ3n) is 2.86. The van der Waals surface area contributed by atoms with Crippen molar-refractivity contribution in [2.24, 2.45) is 5.16 Å². The number of hydrogen-bond donors (Lipinski definition) is 0. The lowest BCUT2D eigenvalue weighted by atomic mass is 10.0. The first-order valence-corrected chi connectivity index (χ1v) is 6.17. The molecule has 0 fully saturated rings. The van der Waals surface area contributed by atoms with Crippen LogP contribution in [-0.4, -0.2) is 6.21 Å². The second-order valence-electron chi connectivity index (χ2n) is 4.44. The molecule has 1 aliphatic carbocycles. The van der Waals surface area contributed by atoms with E-state index in [1.54, 1.807) is 0 Å². The van der Waals surface area contributed by atoms with Gasteiger partial charge in [-0.25, -0.2) is 0 Å². The van der Waals surface area contributed by atoms with Crippen molar-refractivity contribution in [3.63, 3.8) is 0 Å². The van der Waals surface area contributed by atoms with Crippen LogP contribution in [0.1, 0.15) is 36.8 Å². The highest BCUT2D eigenvalue weighted by atomic mass is 16.6. The summed E-state index contributed by atoms with van der Waals surface area (Å²) in [5, 5.41) is 3.90. The van der Waals surface area contributed by atoms with Crippen molar-refractivity contribution in [2.75, 3.05) is 0 Å². The van der Waals surface area contributed by atoms with Gasteiger partial charge in [-0.1, -0.05) is 41.1 Å². The van der Waals surface area contributed by atoms with Gasteiger partial charge in [-0.2, -0.15) is 0 Å². The zero-order valence-electron chi connectivity index (χ0n) is 10.3. The summed E-state index contributed by atoms with van der Waals surface area (Å²) in [6.07, 6.45) is 9.93. The number of nitrogens with zero attached hydrogens (tertiary/aromatic N) is 1. The fourth-order valence-electron chi connectivity index (χ4n) is 1.94. The van der Waals surface area contributed by atoms with Crippen LogP contribution in [0.5, 0.6) is 0 Å². The van der Waals surface area contributed by atoms with Crippen molar-refractivity contribution in [3.8, 4) is 0 Å². The molecule has 1 aromatic rings. The van der Waals surface area contributed by atoms with Crippen LogP contribution in [0, 0.1) is 6.92 Å². The third kappa shape index (κ3) is 4.06. The average Bonchev–Trinajstić information content (AvgIpc) is 2.36. The number of hydrogen-bond acceptors (Lipinski definition) is 2. The lowest BCUT2D eigenvalue weighted by Gasteiger charge is -2.06. The molecule has 2 nitrogen and oxygen atoms in total. The SMILES string of the molecule is Cc1cccc(CO/N=[C]\C2=CCCCC2)c1. The van der Waals surface area contributed by atoms with Crippen LogP contribution in [0.4, 0.5) is 0 Å². The van der Waals surface area contributed by atoms with E-state index in [1.165, 1.54) is 24.0 Å². The van der Waals surface area contributed by atoms with Crippen molar-refractivity contribution in [1.82, 2.24) is 0 Å². The molecule has 2 heteroatoms. The van der Waals surface area contributed by atoms with Crippen LogP contribution >= 0.6 is 0 Å². The van der Waals surface area contributed by atoms with Crippen LogP contribution < -0.4 is 0 Å². The zero-order chi connectivity index (χ0) is 11.9. The molecule has 1 aliphatic rings. The Labute approximate surface area is 103 Å². The molecule has 0 bridgehead atoms. The molecule has 0 spiro atoms. The highest BCUT2D eigenvalue weighted by Gasteiger charge is 2.01. The second kappa shape index (κ2) is 6.24. The highest BCUT2D eigenvalue weighted by molar-refractivity contribution is 5.78. The van der Waals surface area contributed by atoms with E-state index in [-0.39, 0.29) is 0 Å². The molecule has 17 heavy (non-hydrogen) atoms. The molecule has 89 valence electrons. The van der Waals surface area contributed by atoms with Gasteiger partial charge in [0.1, 0.15) is 12.8 Å². The lowest BCUT2D eigenvalue weighted by molar-refractivity contribution is 0.132. The van der Waals surface area contributed by atoms with Crippen LogP contribution in [-0.2, 0) is 11.4 Å². The maximum atomic E-state index is 5.25. The van der Waals surface area contributed by atoms with E-state index < -0.39 is 0 Å². The summed E-state index contributed by atoms with van der Waals surface area (Å²) in [4.78, 5) is 5.25. The number of rotatable bonds is 4. The van der Waals surface area contributed by atoms with Gasteiger partial charge in [-0.05, 0) is 43.7 Å². The van der Waals surface area contributed by atoms with E-state index in [2.05, 4.69) is 36.5 Å². The van der Waals surface area contributed by atoms with Crippen molar-refractivity contribution in [3.05, 3.63) is 47.0 Å². The summed E-state index contributed by atoms with van der Waals surface area (Å²) >= 11 is 0. The molecule has 0 N–H and O–H groups in total. The van der Waals surface area contributed by atoms with E-state index in [4.69, 9.17) is 4.84 Å². The Morgan fingerprint density at radius 1 is 1.35 bits per heavy atom. The summed E-state index contributed by atoms with van der Waals surface area (Å²) in [6.45, 7) is 2.59. The highest BCUT2D eigenvalue weighted by Crippen LogP contribution is 2.15. The molecule has 1 radical (unpaired) electrons. The van der Waals surface area contributed by atoms with Crippen LogP contribution in [0.15, 0.2) is 41.1 Å². The van der Waals surface area contributed by atoms with Crippen LogP contribution in [0.2, 0.25) is 0 Å². The maximum absolute atomic E-state index is 5.25. The van der Waals surface area contributed by atoms with Crippen molar-refractivity contribution >= 4 is 6.21 Å². The van der Waals surface area contributed by atoms with Gasteiger partial charge in [0.2, 0.25) is 0 Å². The first-order chi connectivity index (χ1) is 8.34. The van der Waals surface area contributed by atoms with E-state index in [0.29, 0.717) is 6.61 Å². The molecule has 0 amide bonds. The van der Waals surface area contributed by atoms with Crippen molar-refractivity contribution in [2.45, 2.75) is 39.2 Å². The van der Waals surface area contributed by atoms with E-state index in [1.807, 2.05) is 12.1 Å². The molecule has 0 atom stereocenters. The summed E-state index contributed by atoms with van der Waals surface area (Å²) in [5.74, 6) is 0. The Balaban J connectivity index is 1.79. The molecule has 0 aliphatic heterocycles. The van der Waals surface area contributed by atoms with E-state index in [0.717, 1.165) is 18.4 Å². The van der Waals surface area contributed by atoms with Gasteiger partial charge in [-0.15, -0.1) is 0 Å². The second-order valence-corrected chi connectivity index (χ2v) is 4.44. The first kappa shape index (κ1) is 11.9. The van der Waals surface area contributed by atoms with Gasteiger partial charge in [0.25, 0.3) is 0 Å². The minimum atomic E-state index is 0.516. The number of benzene rings is 1. The van der Waals surface area contributed by atoms with Gasteiger partial charge < -0.3 is 4.84 Å². The predicted molar refractivity (Wildman–Crippen MR) is 70.0 cm³/mol. The number of aryl methyl sites for hydroxylation is 1. The van der Waals surface area contributed by atoms with Crippen molar-refractivity contribution < 1.29 is 4.84 Å². The topological polar surface area (TPSA) is 21.6 Å². The monoisotopic (exact) mass is 228 g/mol. The fourth-order valence-corrected chi connectivity index (χ4v) is 1.94. The standard InChI is InChI=1S/C15H18NO/c1-13-6-5-9-15(10-13)12-17-16-11-14-7-3-2-4-8-14/h5-7,9-10H,2-4,8,12H2,1H3. The van der Waals surface area contributed by atoms with E-state index >= 15 is 0 Å². The first-order valence-electron chi connectivity index (χ1n) is 6.17. The normalized spacial score (nSPS) is 15.9. The summed E-state index contributed by atoms with van der Waals surface area (Å²) in [7, 11) is 0. The molecule has 0 saturated heterocycles. The summed E-state index contributed by atoms with van der Waals surface area (Å²) in [6, 6.07) is 8.26. The Kier molecular flexibility index (Phi) is 4.37. The van der Waals surface area contributed by atoms with Crippen LogP contribution in [0.25, 0.3) is 0 Å². The zero-order valence-corrected chi connectivity index (χ0v) is 10.3. The van der Waals surface area contributed by atoms with Gasteiger partial charge in [-0.3, -0.25) is 0 Å². The smallest absolute Gasteiger partial charge is 0.142 e. The quantitative estimate of drug-likeness (QED) is 0.566. The molecule has 0 saturated carbocycles. The summed E-state index contributed by atoms with van der Waals surface area (Å²) in [5.41, 5.74) is 3.57. The molecular weight excluding hydrogens is 210 g/mol. The molecular formula is C15H18NO. The number of allylic oxidation sites excluding steroid dienone is 2. The minimum absolute atomic E-state index is 0.516. The average molecular weight is 228 g/mol. The third-order valence-corrected chi connectivity index (χ3v) is 2.86. The van der Waals surface area contributed by atoms with Gasteiger partial charge in [0, 0.05) is 0 Å². The maximum Gasteiger partial charge on any atom is 0.142 e. The Bertz CT molecular complexity index is 421. The Hall–Kier alpha value is -1.57. The fraction of sp³-hybridized carbons (Fsp3) is 0.400. The van der Waals surface area contributed by atoms with E-state index in [9.17, 15) is 0 Å². The largest absolute Gasteiger partial charge is 0.390 e. The molecule has 1 aromatic carbocycles. The lowest BCUT2D eigenvalue weighted by Crippen LogP contribution is -1.94. The minimum Gasteiger partial charge on any atom is -0.390 e.